The maximum Gasteiger partial charge on any atom is 0.407 e. The van der Waals surface area contributed by atoms with E-state index in [-0.39, 0.29) is 5.92 Å². The Bertz CT molecular complexity index is 321. The molecular weight excluding hydrogens is 262 g/mol. The smallest absolute Gasteiger partial charge is 0.407 e. The Morgan fingerprint density at radius 3 is 2.37 bits per heavy atom. The van der Waals surface area contributed by atoms with Crippen LogP contribution in [0.2, 0.25) is 25.7 Å². The van der Waals surface area contributed by atoms with Crippen LogP contribution in [0.15, 0.2) is 0 Å². The number of hydrogen-bond acceptors (Lipinski definition) is 3. The van der Waals surface area contributed by atoms with Crippen LogP contribution in [0.5, 0.6) is 0 Å². The molecule has 0 bridgehead atoms. The summed E-state index contributed by atoms with van der Waals surface area (Å²) in [5.41, 5.74) is 0. The Labute approximate surface area is 115 Å². The van der Waals surface area contributed by atoms with Crippen LogP contribution < -0.4 is 5.32 Å². The molecule has 0 spiro atoms. The van der Waals surface area contributed by atoms with Gasteiger partial charge in [0.15, 0.2) is 0 Å². The van der Waals surface area contributed by atoms with Crippen molar-refractivity contribution in [2.75, 3.05) is 6.61 Å². The Balaban J connectivity index is 2.37. The molecule has 6 heteroatoms. The largest absolute Gasteiger partial charge is 0.480 e. The Kier molecular flexibility index (Phi) is 5.84. The number of amides is 1. The molecule has 1 aliphatic rings. The minimum atomic E-state index is -1.23. The van der Waals surface area contributed by atoms with Gasteiger partial charge in [0, 0.05) is 8.07 Å². The SMILES string of the molecule is C[Si](C)(C)CCOC(=O)NC(C(=O)O)C1CCCC1. The van der Waals surface area contributed by atoms with E-state index in [2.05, 4.69) is 25.0 Å². The van der Waals surface area contributed by atoms with Crippen molar-refractivity contribution in [3.05, 3.63) is 0 Å². The summed E-state index contributed by atoms with van der Waals surface area (Å²) in [5, 5.41) is 11.7. The summed E-state index contributed by atoms with van der Waals surface area (Å²) >= 11 is 0. The lowest BCUT2D eigenvalue weighted by Crippen LogP contribution is -2.45. The summed E-state index contributed by atoms with van der Waals surface area (Å²) in [4.78, 5) is 22.8. The van der Waals surface area contributed by atoms with Gasteiger partial charge in [-0.05, 0) is 24.8 Å². The number of carboxylic acid groups (broad SMARTS) is 1. The molecule has 1 saturated carbocycles. The maximum atomic E-state index is 11.6. The lowest BCUT2D eigenvalue weighted by Gasteiger charge is -2.21. The van der Waals surface area contributed by atoms with Gasteiger partial charge in [0.25, 0.3) is 0 Å². The van der Waals surface area contributed by atoms with Crippen molar-refractivity contribution >= 4 is 20.1 Å². The molecule has 5 nitrogen and oxygen atoms in total. The number of hydrogen-bond donors (Lipinski definition) is 2. The first-order valence-corrected chi connectivity index (χ1v) is 10.7. The van der Waals surface area contributed by atoms with Crippen LogP contribution in [0.4, 0.5) is 4.79 Å². The zero-order valence-corrected chi connectivity index (χ0v) is 13.1. The number of alkyl carbamates (subject to hydrolysis) is 1. The molecule has 1 unspecified atom stereocenters. The zero-order chi connectivity index (χ0) is 14.5. The molecular formula is C13H25NO4Si. The molecule has 1 rings (SSSR count). The molecule has 1 amide bonds. The van der Waals surface area contributed by atoms with Crippen LogP contribution in [0.25, 0.3) is 0 Å². The molecule has 110 valence electrons. The van der Waals surface area contributed by atoms with Gasteiger partial charge in [0.2, 0.25) is 0 Å². The molecule has 0 aromatic heterocycles. The minimum Gasteiger partial charge on any atom is -0.480 e. The zero-order valence-electron chi connectivity index (χ0n) is 12.1. The van der Waals surface area contributed by atoms with Crippen LogP contribution >= 0.6 is 0 Å². The monoisotopic (exact) mass is 287 g/mol. The van der Waals surface area contributed by atoms with Gasteiger partial charge in [0.05, 0.1) is 6.61 Å². The van der Waals surface area contributed by atoms with E-state index in [4.69, 9.17) is 4.74 Å². The topological polar surface area (TPSA) is 75.6 Å². The van der Waals surface area contributed by atoms with E-state index in [1.807, 2.05) is 0 Å². The van der Waals surface area contributed by atoms with Gasteiger partial charge in [-0.2, -0.15) is 0 Å². The van der Waals surface area contributed by atoms with Crippen molar-refractivity contribution < 1.29 is 19.4 Å². The summed E-state index contributed by atoms with van der Waals surface area (Å²) < 4.78 is 5.08. The van der Waals surface area contributed by atoms with Gasteiger partial charge < -0.3 is 15.2 Å². The van der Waals surface area contributed by atoms with E-state index in [1.54, 1.807) is 0 Å². The van der Waals surface area contributed by atoms with Crippen molar-refractivity contribution in [3.63, 3.8) is 0 Å². The molecule has 0 radical (unpaired) electrons. The van der Waals surface area contributed by atoms with Crippen molar-refractivity contribution in [1.82, 2.24) is 5.32 Å². The predicted octanol–water partition coefficient (Wildman–Crippen LogP) is 2.69. The van der Waals surface area contributed by atoms with E-state index >= 15 is 0 Å². The number of ether oxygens (including phenoxy) is 1. The summed E-state index contributed by atoms with van der Waals surface area (Å²) in [6.07, 6.45) is 3.22. The third-order valence-electron chi connectivity index (χ3n) is 3.50. The second-order valence-electron chi connectivity index (χ2n) is 6.45. The molecule has 1 fully saturated rings. The minimum absolute atomic E-state index is 0.0436. The number of carbonyl (C=O) groups excluding carboxylic acids is 1. The molecule has 0 heterocycles. The van der Waals surface area contributed by atoms with Crippen molar-refractivity contribution in [2.24, 2.45) is 5.92 Å². The molecule has 1 aliphatic carbocycles. The van der Waals surface area contributed by atoms with Gasteiger partial charge in [0.1, 0.15) is 6.04 Å². The fourth-order valence-corrected chi connectivity index (χ4v) is 3.00. The molecule has 19 heavy (non-hydrogen) atoms. The van der Waals surface area contributed by atoms with Crippen LogP contribution in [0, 0.1) is 5.92 Å². The van der Waals surface area contributed by atoms with Gasteiger partial charge in [-0.1, -0.05) is 32.5 Å². The number of carboxylic acids is 1. The normalized spacial score (nSPS) is 18.1. The van der Waals surface area contributed by atoms with E-state index in [9.17, 15) is 14.7 Å². The van der Waals surface area contributed by atoms with Crippen LogP contribution in [0.3, 0.4) is 0 Å². The lowest BCUT2D eigenvalue weighted by molar-refractivity contribution is -0.140. The van der Waals surface area contributed by atoms with Crippen LogP contribution in [-0.2, 0) is 9.53 Å². The average molecular weight is 287 g/mol. The maximum absolute atomic E-state index is 11.6. The highest BCUT2D eigenvalue weighted by Gasteiger charge is 2.32. The van der Waals surface area contributed by atoms with Crippen molar-refractivity contribution in [1.29, 1.82) is 0 Å². The fraction of sp³-hybridized carbons (Fsp3) is 0.846. The van der Waals surface area contributed by atoms with E-state index < -0.39 is 26.2 Å². The molecule has 1 atom stereocenters. The quantitative estimate of drug-likeness (QED) is 0.736. The highest BCUT2D eigenvalue weighted by atomic mass is 28.3. The summed E-state index contributed by atoms with van der Waals surface area (Å²) in [5.74, 6) is -0.920. The molecule has 0 aromatic rings. The molecule has 0 saturated heterocycles. The molecule has 2 N–H and O–H groups in total. The molecule has 0 aliphatic heterocycles. The van der Waals surface area contributed by atoms with Crippen molar-refractivity contribution in [2.45, 2.75) is 57.4 Å². The van der Waals surface area contributed by atoms with Crippen LogP contribution in [-0.4, -0.2) is 37.9 Å². The molecule has 0 aromatic carbocycles. The predicted molar refractivity (Wildman–Crippen MR) is 76.0 cm³/mol. The third kappa shape index (κ3) is 6.09. The average Bonchev–Trinajstić information content (AvgIpc) is 2.76. The Morgan fingerprint density at radius 2 is 1.89 bits per heavy atom. The highest BCUT2D eigenvalue weighted by molar-refractivity contribution is 6.76. The first-order chi connectivity index (χ1) is 8.79. The second-order valence-corrected chi connectivity index (χ2v) is 12.1. The third-order valence-corrected chi connectivity index (χ3v) is 5.20. The van der Waals surface area contributed by atoms with Crippen molar-refractivity contribution in [3.8, 4) is 0 Å². The van der Waals surface area contributed by atoms with Crippen LogP contribution in [0.1, 0.15) is 25.7 Å². The fourth-order valence-electron chi connectivity index (χ4n) is 2.29. The standard InChI is InChI=1S/C13H25NO4Si/c1-19(2,3)9-8-18-13(17)14-11(12(15)16)10-6-4-5-7-10/h10-11H,4-9H2,1-3H3,(H,14,17)(H,15,16). The summed E-state index contributed by atoms with van der Waals surface area (Å²) in [7, 11) is -1.23. The number of rotatable bonds is 6. The number of aliphatic carboxylic acids is 1. The summed E-state index contributed by atoms with van der Waals surface area (Å²) in [6, 6.07) is 0.0866. The summed E-state index contributed by atoms with van der Waals surface area (Å²) in [6.45, 7) is 6.98. The van der Waals surface area contributed by atoms with E-state index in [0.717, 1.165) is 31.7 Å². The van der Waals surface area contributed by atoms with Gasteiger partial charge in [-0.25, -0.2) is 9.59 Å². The van der Waals surface area contributed by atoms with Gasteiger partial charge in [-0.15, -0.1) is 0 Å². The Morgan fingerprint density at radius 1 is 1.32 bits per heavy atom. The number of nitrogens with one attached hydrogen (secondary N) is 1. The number of carbonyl (C=O) groups is 2. The van der Waals surface area contributed by atoms with E-state index in [0.29, 0.717) is 6.61 Å². The second kappa shape index (κ2) is 6.93. The Hall–Kier alpha value is -1.04. The highest BCUT2D eigenvalue weighted by Crippen LogP contribution is 2.27. The first-order valence-electron chi connectivity index (χ1n) is 6.96. The van der Waals surface area contributed by atoms with E-state index in [1.165, 1.54) is 0 Å². The lowest BCUT2D eigenvalue weighted by atomic mass is 9.98. The van der Waals surface area contributed by atoms with Gasteiger partial charge >= 0.3 is 12.1 Å². The first kappa shape index (κ1) is 16.0. The van der Waals surface area contributed by atoms with Gasteiger partial charge in [-0.3, -0.25) is 0 Å².